The lowest BCUT2D eigenvalue weighted by Gasteiger charge is -2.20. The summed E-state index contributed by atoms with van der Waals surface area (Å²) in [5.74, 6) is -0.0672. The van der Waals surface area contributed by atoms with E-state index in [0.29, 0.717) is 19.4 Å². The molecule has 6 nitrogen and oxygen atoms in total. The summed E-state index contributed by atoms with van der Waals surface area (Å²) in [6.45, 7) is 4.91. The minimum absolute atomic E-state index is 0.00598. The van der Waals surface area contributed by atoms with E-state index in [1.807, 2.05) is 6.08 Å². The van der Waals surface area contributed by atoms with Gasteiger partial charge in [0.05, 0.1) is 25.4 Å². The maximum Gasteiger partial charge on any atom is 0.305 e. The van der Waals surface area contributed by atoms with Gasteiger partial charge in [-0.05, 0) is 32.1 Å². The zero-order valence-electron chi connectivity index (χ0n) is 42.6. The van der Waals surface area contributed by atoms with E-state index in [1.54, 1.807) is 6.08 Å². The van der Waals surface area contributed by atoms with E-state index in [-0.39, 0.29) is 18.5 Å². The molecular formula is C57H111NO5. The molecule has 374 valence electrons. The molecule has 6 heteroatoms. The molecule has 0 bridgehead atoms. The zero-order chi connectivity index (χ0) is 45.8. The number of carbonyl (C=O) groups is 2. The lowest BCUT2D eigenvalue weighted by Crippen LogP contribution is -2.45. The number of aliphatic hydroxyl groups excluding tert-OH is 2. The van der Waals surface area contributed by atoms with E-state index in [4.69, 9.17) is 4.74 Å². The summed E-state index contributed by atoms with van der Waals surface area (Å²) in [6, 6.07) is -0.631. The Hall–Kier alpha value is -1.40. The van der Waals surface area contributed by atoms with Crippen molar-refractivity contribution in [2.75, 3.05) is 13.2 Å². The first kappa shape index (κ1) is 61.6. The van der Waals surface area contributed by atoms with Crippen LogP contribution in [0.2, 0.25) is 0 Å². The summed E-state index contributed by atoms with van der Waals surface area (Å²) >= 11 is 0. The fraction of sp³-hybridized carbons (Fsp3) is 0.930. The summed E-state index contributed by atoms with van der Waals surface area (Å²) in [7, 11) is 0. The highest BCUT2D eigenvalue weighted by molar-refractivity contribution is 5.76. The van der Waals surface area contributed by atoms with Crippen LogP contribution in [0.4, 0.5) is 0 Å². The van der Waals surface area contributed by atoms with Crippen LogP contribution in [0.1, 0.15) is 316 Å². The third-order valence-corrected chi connectivity index (χ3v) is 13.3. The van der Waals surface area contributed by atoms with Crippen LogP contribution >= 0.6 is 0 Å². The van der Waals surface area contributed by atoms with E-state index in [2.05, 4.69) is 19.2 Å². The van der Waals surface area contributed by atoms with Gasteiger partial charge >= 0.3 is 5.97 Å². The van der Waals surface area contributed by atoms with Gasteiger partial charge in [0.1, 0.15) is 0 Å². The number of hydrogen-bond acceptors (Lipinski definition) is 5. The summed E-state index contributed by atoms with van der Waals surface area (Å²) < 4.78 is 5.48. The molecule has 63 heavy (non-hydrogen) atoms. The van der Waals surface area contributed by atoms with E-state index in [1.165, 1.54) is 244 Å². The van der Waals surface area contributed by atoms with Crippen LogP contribution in [-0.2, 0) is 14.3 Å². The summed E-state index contributed by atoms with van der Waals surface area (Å²) in [5.41, 5.74) is 0. The Morgan fingerprint density at radius 2 is 0.730 bits per heavy atom. The average molecular weight is 891 g/mol. The molecule has 0 spiro atoms. The van der Waals surface area contributed by atoms with Crippen LogP contribution in [0.25, 0.3) is 0 Å². The van der Waals surface area contributed by atoms with Gasteiger partial charge in [-0.3, -0.25) is 9.59 Å². The van der Waals surface area contributed by atoms with Crippen LogP contribution in [0.15, 0.2) is 12.2 Å². The van der Waals surface area contributed by atoms with Crippen molar-refractivity contribution < 1.29 is 24.5 Å². The second kappa shape index (κ2) is 53.2. The predicted octanol–water partition coefficient (Wildman–Crippen LogP) is 17.3. The smallest absolute Gasteiger partial charge is 0.305 e. The minimum Gasteiger partial charge on any atom is -0.466 e. The predicted molar refractivity (Wildman–Crippen MR) is 273 cm³/mol. The maximum atomic E-state index is 12.4. The Morgan fingerprint density at radius 1 is 0.429 bits per heavy atom. The summed E-state index contributed by atoms with van der Waals surface area (Å²) in [5, 5.41) is 23.1. The second-order valence-corrected chi connectivity index (χ2v) is 19.6. The van der Waals surface area contributed by atoms with Gasteiger partial charge in [0, 0.05) is 12.8 Å². The Bertz CT molecular complexity index is 939. The number of allylic oxidation sites excluding steroid dienone is 1. The van der Waals surface area contributed by atoms with Crippen molar-refractivity contribution in [3.8, 4) is 0 Å². The molecule has 0 aromatic carbocycles. The topological polar surface area (TPSA) is 95.9 Å². The monoisotopic (exact) mass is 890 g/mol. The quantitative estimate of drug-likeness (QED) is 0.0321. The Kier molecular flexibility index (Phi) is 52.0. The third-order valence-electron chi connectivity index (χ3n) is 13.3. The Balaban J connectivity index is 3.42. The molecule has 1 amide bonds. The molecule has 0 saturated carbocycles. The highest BCUT2D eigenvalue weighted by Crippen LogP contribution is 2.17. The fourth-order valence-electron chi connectivity index (χ4n) is 8.93. The number of unbranched alkanes of at least 4 members (excludes halogenated alkanes) is 42. The molecule has 0 saturated heterocycles. The van der Waals surface area contributed by atoms with Gasteiger partial charge in [-0.15, -0.1) is 0 Å². The fourth-order valence-corrected chi connectivity index (χ4v) is 8.93. The van der Waals surface area contributed by atoms with Crippen LogP contribution < -0.4 is 5.32 Å². The van der Waals surface area contributed by atoms with Crippen molar-refractivity contribution in [2.45, 2.75) is 328 Å². The van der Waals surface area contributed by atoms with E-state index < -0.39 is 12.1 Å². The van der Waals surface area contributed by atoms with Gasteiger partial charge in [-0.25, -0.2) is 0 Å². The van der Waals surface area contributed by atoms with Gasteiger partial charge in [0.25, 0.3) is 0 Å². The number of esters is 1. The maximum absolute atomic E-state index is 12.4. The molecule has 0 aliphatic rings. The normalized spacial score (nSPS) is 12.6. The van der Waals surface area contributed by atoms with Crippen LogP contribution in [-0.4, -0.2) is 47.4 Å². The third kappa shape index (κ3) is 49.9. The molecule has 0 aromatic rings. The number of nitrogens with one attached hydrogen (secondary N) is 1. The van der Waals surface area contributed by atoms with Gasteiger partial charge in [0.2, 0.25) is 5.91 Å². The molecule has 0 aliphatic carbocycles. The largest absolute Gasteiger partial charge is 0.466 e. The van der Waals surface area contributed by atoms with Crippen molar-refractivity contribution in [3.05, 3.63) is 12.2 Å². The van der Waals surface area contributed by atoms with Crippen LogP contribution in [0.5, 0.6) is 0 Å². The standard InChI is InChI=1S/C57H111NO5/c1-3-5-7-9-11-13-15-17-19-23-27-31-35-39-43-47-51-57(62)63-52-48-44-40-36-32-28-24-21-20-22-26-30-34-38-42-46-50-56(61)58-54(53-59)55(60)49-45-41-37-33-29-25-18-16-14-12-10-8-6-4-2/h45,49,54-55,59-60H,3-44,46-48,50-53H2,1-2H3,(H,58,61)/b49-45+. The first-order chi connectivity index (χ1) is 31.0. The molecule has 2 unspecified atom stereocenters. The molecule has 0 fully saturated rings. The number of amides is 1. The van der Waals surface area contributed by atoms with Crippen molar-refractivity contribution in [1.82, 2.24) is 5.32 Å². The van der Waals surface area contributed by atoms with E-state index >= 15 is 0 Å². The van der Waals surface area contributed by atoms with Crippen molar-refractivity contribution in [2.24, 2.45) is 0 Å². The van der Waals surface area contributed by atoms with Gasteiger partial charge < -0.3 is 20.3 Å². The van der Waals surface area contributed by atoms with Crippen LogP contribution in [0, 0.1) is 0 Å². The summed E-state index contributed by atoms with van der Waals surface area (Å²) in [4.78, 5) is 24.5. The molecule has 0 rings (SSSR count). The molecule has 0 heterocycles. The van der Waals surface area contributed by atoms with Crippen molar-refractivity contribution in [3.63, 3.8) is 0 Å². The van der Waals surface area contributed by atoms with Gasteiger partial charge in [-0.2, -0.15) is 0 Å². The lowest BCUT2D eigenvalue weighted by atomic mass is 10.0. The van der Waals surface area contributed by atoms with Crippen LogP contribution in [0.3, 0.4) is 0 Å². The van der Waals surface area contributed by atoms with E-state index in [0.717, 1.165) is 44.9 Å². The summed E-state index contributed by atoms with van der Waals surface area (Å²) in [6.07, 6.45) is 62.2. The molecule has 0 radical (unpaired) electrons. The lowest BCUT2D eigenvalue weighted by molar-refractivity contribution is -0.143. The Labute approximate surface area is 393 Å². The molecule has 0 aromatic heterocycles. The molecular weight excluding hydrogens is 779 g/mol. The first-order valence-electron chi connectivity index (χ1n) is 28.5. The minimum atomic E-state index is -0.847. The number of hydrogen-bond donors (Lipinski definition) is 3. The highest BCUT2D eigenvalue weighted by Gasteiger charge is 2.18. The average Bonchev–Trinajstić information content (AvgIpc) is 3.28. The number of aliphatic hydroxyl groups is 2. The second-order valence-electron chi connectivity index (χ2n) is 19.6. The first-order valence-corrected chi connectivity index (χ1v) is 28.5. The van der Waals surface area contributed by atoms with Crippen molar-refractivity contribution >= 4 is 11.9 Å². The number of rotatable bonds is 53. The number of ether oxygens (including phenoxy) is 1. The number of carbonyl (C=O) groups excluding carboxylic acids is 2. The molecule has 2 atom stereocenters. The van der Waals surface area contributed by atoms with Gasteiger partial charge in [0.15, 0.2) is 0 Å². The Morgan fingerprint density at radius 3 is 1.08 bits per heavy atom. The van der Waals surface area contributed by atoms with E-state index in [9.17, 15) is 19.8 Å². The SMILES string of the molecule is CCCCCCCCCCCCCC/C=C/C(O)C(CO)NC(=O)CCCCCCCCCCCCCCCCCCOC(=O)CCCCCCCCCCCCCCCCCC. The van der Waals surface area contributed by atoms with Crippen molar-refractivity contribution in [1.29, 1.82) is 0 Å². The molecule has 0 aliphatic heterocycles. The van der Waals surface area contributed by atoms with Gasteiger partial charge in [-0.1, -0.05) is 283 Å². The highest BCUT2D eigenvalue weighted by atomic mass is 16.5. The zero-order valence-corrected chi connectivity index (χ0v) is 42.6. The molecule has 3 N–H and O–H groups in total.